The van der Waals surface area contributed by atoms with Gasteiger partial charge in [-0.15, -0.1) is 11.3 Å². The number of carbonyl (C=O) groups is 1. The molecule has 7 heterocycles. The van der Waals surface area contributed by atoms with Crippen molar-refractivity contribution in [3.63, 3.8) is 0 Å². The number of aromatic nitrogens is 4. The summed E-state index contributed by atoms with van der Waals surface area (Å²) in [4.78, 5) is 33.6. The first-order chi connectivity index (χ1) is 21.8. The van der Waals surface area contributed by atoms with Gasteiger partial charge in [0.25, 0.3) is 6.43 Å². The molecule has 0 aliphatic carbocycles. The second kappa shape index (κ2) is 12.2. The summed E-state index contributed by atoms with van der Waals surface area (Å²) in [6, 6.07) is 4.35. The number of ether oxygens (including phenoxy) is 4. The minimum Gasteiger partial charge on any atom is -0.480 e. The SMILES string of the molecule is C[C@@H]1N(c2cc(C3=CCCOC3)cnc2O[C@H]2C[C@@H](C(=O)O)N(c3nc(-c4cccs4)nc(C(F)F)n3)C2)CCOC12COC2. The maximum atomic E-state index is 13.8. The van der Waals surface area contributed by atoms with Gasteiger partial charge >= 0.3 is 5.97 Å². The molecule has 1 spiro atoms. The highest BCUT2D eigenvalue weighted by atomic mass is 32.1. The van der Waals surface area contributed by atoms with Crippen LogP contribution < -0.4 is 14.5 Å². The summed E-state index contributed by atoms with van der Waals surface area (Å²) in [7, 11) is 0. The number of halogens is 2. The van der Waals surface area contributed by atoms with Crippen LogP contribution in [0.4, 0.5) is 20.4 Å². The third kappa shape index (κ3) is 5.73. The fourth-order valence-electron chi connectivity index (χ4n) is 6.19. The lowest BCUT2D eigenvalue weighted by Gasteiger charge is -2.53. The van der Waals surface area contributed by atoms with Crippen LogP contribution in [0.5, 0.6) is 5.88 Å². The number of aliphatic carboxylic acids is 1. The van der Waals surface area contributed by atoms with Gasteiger partial charge in [-0.3, -0.25) is 0 Å². The van der Waals surface area contributed by atoms with Crippen LogP contribution in [0.25, 0.3) is 16.3 Å². The fraction of sp³-hybridized carbons (Fsp3) is 0.500. The molecule has 3 aromatic rings. The first kappa shape index (κ1) is 29.9. The standard InChI is InChI=1S/C30H32F2N6O6S/c1-17-30(15-42-16-30)43-8-6-37(17)21-10-19(18-4-2-7-41-14-18)12-33-27(21)44-20-11-22(28(39)40)38(13-20)29-35-25(23-5-3-9-45-23)34-26(36-29)24(31)32/h3-5,9-10,12,17,20,22,24H,2,6-8,11,13-16H2,1H3,(H,39,40)/t17-,20-,22-/m0/s1. The van der Waals surface area contributed by atoms with E-state index in [0.717, 1.165) is 23.2 Å². The van der Waals surface area contributed by atoms with Gasteiger partial charge in [0.15, 0.2) is 5.82 Å². The zero-order chi connectivity index (χ0) is 31.1. The maximum absolute atomic E-state index is 13.8. The Morgan fingerprint density at radius 1 is 1.20 bits per heavy atom. The Hall–Kier alpha value is -3.79. The van der Waals surface area contributed by atoms with Crippen LogP contribution >= 0.6 is 11.3 Å². The van der Waals surface area contributed by atoms with Gasteiger partial charge in [-0.05, 0) is 36.4 Å². The molecular formula is C30H32F2N6O6S. The molecule has 3 saturated heterocycles. The summed E-state index contributed by atoms with van der Waals surface area (Å²) in [6.07, 6.45) is 1.16. The quantitative estimate of drug-likeness (QED) is 0.383. The van der Waals surface area contributed by atoms with Crippen LogP contribution in [0.1, 0.15) is 37.6 Å². The normalized spacial score (nSPS) is 24.5. The van der Waals surface area contributed by atoms with Crippen molar-refractivity contribution in [2.24, 2.45) is 0 Å². The summed E-state index contributed by atoms with van der Waals surface area (Å²) in [5.41, 5.74) is 2.27. The van der Waals surface area contributed by atoms with Gasteiger partial charge in [-0.2, -0.15) is 9.97 Å². The van der Waals surface area contributed by atoms with Crippen LogP contribution in [0.3, 0.4) is 0 Å². The van der Waals surface area contributed by atoms with Crippen LogP contribution in [0, 0.1) is 0 Å². The van der Waals surface area contributed by atoms with Gasteiger partial charge in [-0.1, -0.05) is 12.1 Å². The van der Waals surface area contributed by atoms with Crippen molar-refractivity contribution in [2.75, 3.05) is 55.9 Å². The van der Waals surface area contributed by atoms with E-state index in [2.05, 4.69) is 32.9 Å². The lowest BCUT2D eigenvalue weighted by molar-refractivity contribution is -0.228. The van der Waals surface area contributed by atoms with Crippen LogP contribution in [0.2, 0.25) is 0 Å². The summed E-state index contributed by atoms with van der Waals surface area (Å²) in [6.45, 7) is 5.37. The number of carboxylic acids is 1. The number of rotatable bonds is 8. The molecule has 3 atom stereocenters. The zero-order valence-corrected chi connectivity index (χ0v) is 25.3. The van der Waals surface area contributed by atoms with Crippen molar-refractivity contribution in [3.8, 4) is 16.6 Å². The molecule has 45 heavy (non-hydrogen) atoms. The van der Waals surface area contributed by atoms with E-state index in [1.54, 1.807) is 23.7 Å². The van der Waals surface area contributed by atoms with E-state index in [1.165, 1.54) is 16.2 Å². The molecule has 7 rings (SSSR count). The molecule has 12 nitrogen and oxygen atoms in total. The molecule has 0 saturated carbocycles. The number of morpholine rings is 1. The Bertz CT molecular complexity index is 1590. The Morgan fingerprint density at radius 2 is 2.07 bits per heavy atom. The maximum Gasteiger partial charge on any atom is 0.326 e. The van der Waals surface area contributed by atoms with Gasteiger partial charge in [0.2, 0.25) is 17.7 Å². The molecule has 1 N–H and O–H groups in total. The Balaban J connectivity index is 1.21. The Labute approximate surface area is 261 Å². The highest BCUT2D eigenvalue weighted by Gasteiger charge is 2.50. The molecule has 3 fully saturated rings. The molecule has 0 radical (unpaired) electrons. The van der Waals surface area contributed by atoms with Gasteiger partial charge in [0, 0.05) is 24.7 Å². The van der Waals surface area contributed by atoms with Gasteiger partial charge < -0.3 is 33.9 Å². The smallest absolute Gasteiger partial charge is 0.326 e. The third-order valence-corrected chi connectivity index (χ3v) is 9.59. The molecule has 238 valence electrons. The average Bonchev–Trinajstić information content (AvgIpc) is 3.72. The second-order valence-electron chi connectivity index (χ2n) is 11.5. The number of carboxylic acid groups (broad SMARTS) is 1. The number of nitrogens with zero attached hydrogens (tertiary/aromatic N) is 6. The molecule has 0 aromatic carbocycles. The lowest BCUT2D eigenvalue weighted by atomic mass is 9.89. The predicted molar refractivity (Wildman–Crippen MR) is 160 cm³/mol. The van der Waals surface area contributed by atoms with Crippen molar-refractivity contribution in [3.05, 3.63) is 47.2 Å². The van der Waals surface area contributed by atoms with E-state index in [0.29, 0.717) is 50.3 Å². The van der Waals surface area contributed by atoms with Crippen molar-refractivity contribution < 1.29 is 37.6 Å². The van der Waals surface area contributed by atoms with Gasteiger partial charge in [-0.25, -0.2) is 23.5 Å². The first-order valence-corrected chi connectivity index (χ1v) is 15.7. The van der Waals surface area contributed by atoms with E-state index in [1.807, 2.05) is 6.07 Å². The number of thiophene rings is 1. The number of anilines is 2. The molecule has 3 aromatic heterocycles. The van der Waals surface area contributed by atoms with Crippen molar-refractivity contribution in [1.82, 2.24) is 19.9 Å². The third-order valence-electron chi connectivity index (χ3n) is 8.73. The Morgan fingerprint density at radius 3 is 2.76 bits per heavy atom. The van der Waals surface area contributed by atoms with E-state index >= 15 is 0 Å². The largest absolute Gasteiger partial charge is 0.480 e. The minimum atomic E-state index is -2.96. The molecule has 4 aliphatic rings. The van der Waals surface area contributed by atoms with Crippen molar-refractivity contribution in [1.29, 1.82) is 0 Å². The van der Waals surface area contributed by atoms with Crippen molar-refractivity contribution in [2.45, 2.75) is 50.0 Å². The predicted octanol–water partition coefficient (Wildman–Crippen LogP) is 3.84. The molecule has 0 bridgehead atoms. The summed E-state index contributed by atoms with van der Waals surface area (Å²) < 4.78 is 51.5. The highest BCUT2D eigenvalue weighted by Crippen LogP contribution is 2.40. The topological polar surface area (TPSA) is 132 Å². The summed E-state index contributed by atoms with van der Waals surface area (Å²) >= 11 is 1.29. The van der Waals surface area contributed by atoms with E-state index in [4.69, 9.17) is 23.9 Å². The number of hydrogen-bond donors (Lipinski definition) is 1. The molecule has 15 heteroatoms. The van der Waals surface area contributed by atoms with E-state index in [-0.39, 0.29) is 30.8 Å². The zero-order valence-electron chi connectivity index (χ0n) is 24.5. The first-order valence-electron chi connectivity index (χ1n) is 14.8. The van der Waals surface area contributed by atoms with Crippen LogP contribution in [-0.2, 0) is 19.0 Å². The Kier molecular flexibility index (Phi) is 8.10. The van der Waals surface area contributed by atoms with Crippen molar-refractivity contribution >= 4 is 34.5 Å². The lowest BCUT2D eigenvalue weighted by Crippen LogP contribution is -2.68. The number of pyridine rings is 1. The van der Waals surface area contributed by atoms with Gasteiger partial charge in [0.1, 0.15) is 23.4 Å². The van der Waals surface area contributed by atoms with Crippen LogP contribution in [-0.4, -0.2) is 101 Å². The molecule has 0 unspecified atom stereocenters. The molecule has 4 aliphatic heterocycles. The summed E-state index contributed by atoms with van der Waals surface area (Å²) in [5.74, 6) is -1.58. The van der Waals surface area contributed by atoms with E-state index < -0.39 is 36.0 Å². The minimum absolute atomic E-state index is 0.0449. The average molecular weight is 643 g/mol. The highest BCUT2D eigenvalue weighted by molar-refractivity contribution is 7.13. The molecular weight excluding hydrogens is 610 g/mol. The van der Waals surface area contributed by atoms with Gasteiger partial charge in [0.05, 0.1) is 50.5 Å². The fourth-order valence-corrected chi connectivity index (χ4v) is 6.85. The monoisotopic (exact) mass is 642 g/mol. The van der Waals surface area contributed by atoms with Crippen LogP contribution in [0.15, 0.2) is 35.9 Å². The summed E-state index contributed by atoms with van der Waals surface area (Å²) in [5, 5.41) is 11.9. The second-order valence-corrected chi connectivity index (χ2v) is 12.4. The van der Waals surface area contributed by atoms with E-state index in [9.17, 15) is 18.7 Å². The molecule has 0 amide bonds. The number of hydrogen-bond acceptors (Lipinski definition) is 12. The number of alkyl halides is 2.